The highest BCUT2D eigenvalue weighted by atomic mass is 16.5. The number of ether oxygens (including phenoxy) is 1. The lowest BCUT2D eigenvalue weighted by Gasteiger charge is -2.28. The molecule has 116 valence electrons. The predicted molar refractivity (Wildman–Crippen MR) is 85.1 cm³/mol. The minimum absolute atomic E-state index is 0.0883. The smallest absolute Gasteiger partial charge is 0.223 e. The number of carbonyl (C=O) groups is 1. The molecule has 0 atom stereocenters. The van der Waals surface area contributed by atoms with Gasteiger partial charge in [-0.25, -0.2) is 0 Å². The van der Waals surface area contributed by atoms with Gasteiger partial charge >= 0.3 is 0 Å². The highest BCUT2D eigenvalue weighted by Gasteiger charge is 2.20. The number of amides is 1. The number of nitrogens with one attached hydrogen (secondary N) is 1. The van der Waals surface area contributed by atoms with Gasteiger partial charge in [-0.2, -0.15) is 0 Å². The zero-order valence-corrected chi connectivity index (χ0v) is 12.8. The summed E-state index contributed by atoms with van der Waals surface area (Å²) in [6.45, 7) is 2.65. The highest BCUT2D eigenvalue weighted by Crippen LogP contribution is 2.26. The Bertz CT molecular complexity index is 437. The second-order valence-electron chi connectivity index (χ2n) is 5.86. The Morgan fingerprint density at radius 3 is 2.52 bits per heavy atom. The fourth-order valence-corrected chi connectivity index (χ4v) is 2.84. The van der Waals surface area contributed by atoms with E-state index in [-0.39, 0.29) is 5.91 Å². The van der Waals surface area contributed by atoms with Crippen molar-refractivity contribution in [3.8, 4) is 5.75 Å². The summed E-state index contributed by atoms with van der Waals surface area (Å²) in [6.07, 6.45) is 6.37. The molecule has 2 rings (SSSR count). The molecule has 4 heteroatoms. The number of hydrogen-bond acceptors (Lipinski definition) is 3. The van der Waals surface area contributed by atoms with E-state index >= 15 is 0 Å². The van der Waals surface area contributed by atoms with E-state index in [0.717, 1.165) is 24.5 Å². The van der Waals surface area contributed by atoms with Crippen molar-refractivity contribution in [2.45, 2.75) is 51.5 Å². The van der Waals surface area contributed by atoms with Crippen molar-refractivity contribution < 1.29 is 9.53 Å². The van der Waals surface area contributed by atoms with E-state index in [1.807, 2.05) is 12.1 Å². The van der Waals surface area contributed by atoms with Crippen molar-refractivity contribution in [1.82, 2.24) is 5.32 Å². The van der Waals surface area contributed by atoms with Gasteiger partial charge < -0.3 is 15.8 Å². The van der Waals surface area contributed by atoms with Gasteiger partial charge in [0.1, 0.15) is 5.75 Å². The summed E-state index contributed by atoms with van der Waals surface area (Å²) >= 11 is 0. The van der Waals surface area contributed by atoms with Crippen molar-refractivity contribution >= 4 is 11.6 Å². The summed E-state index contributed by atoms with van der Waals surface area (Å²) in [6, 6.07) is 7.58. The lowest BCUT2D eigenvalue weighted by molar-refractivity contribution is -0.122. The molecular weight excluding hydrogens is 264 g/mol. The maximum absolute atomic E-state index is 11.9. The van der Waals surface area contributed by atoms with Crippen LogP contribution in [-0.2, 0) is 4.79 Å². The van der Waals surface area contributed by atoms with E-state index < -0.39 is 0 Å². The second-order valence-corrected chi connectivity index (χ2v) is 5.86. The van der Waals surface area contributed by atoms with E-state index in [1.165, 1.54) is 19.3 Å². The molecule has 1 aromatic carbocycles. The molecule has 3 N–H and O–H groups in total. The van der Waals surface area contributed by atoms with E-state index in [0.29, 0.717) is 24.8 Å². The SMILES string of the molecule is CCC1CCC(NC(=O)CCOc2ccc(N)cc2)CC1. The van der Waals surface area contributed by atoms with Crippen LogP contribution in [-0.4, -0.2) is 18.6 Å². The fraction of sp³-hybridized carbons (Fsp3) is 0.588. The molecule has 1 aromatic rings. The van der Waals surface area contributed by atoms with Crippen LogP contribution in [0.15, 0.2) is 24.3 Å². The Hall–Kier alpha value is -1.71. The average Bonchev–Trinajstić information content (AvgIpc) is 2.50. The third-order valence-electron chi connectivity index (χ3n) is 4.27. The molecule has 1 aliphatic carbocycles. The van der Waals surface area contributed by atoms with Gasteiger partial charge in [0.05, 0.1) is 13.0 Å². The van der Waals surface area contributed by atoms with Crippen LogP contribution in [0.5, 0.6) is 5.75 Å². The minimum Gasteiger partial charge on any atom is -0.493 e. The van der Waals surface area contributed by atoms with Crippen molar-refractivity contribution in [3.05, 3.63) is 24.3 Å². The summed E-state index contributed by atoms with van der Waals surface area (Å²) in [5.41, 5.74) is 6.32. The third-order valence-corrected chi connectivity index (χ3v) is 4.27. The minimum atomic E-state index is 0.0883. The summed E-state index contributed by atoms with van der Waals surface area (Å²) in [7, 11) is 0. The van der Waals surface area contributed by atoms with E-state index in [9.17, 15) is 4.79 Å². The zero-order chi connectivity index (χ0) is 15.1. The van der Waals surface area contributed by atoms with Crippen LogP contribution in [0.2, 0.25) is 0 Å². The van der Waals surface area contributed by atoms with Crippen LogP contribution in [0, 0.1) is 5.92 Å². The first-order valence-electron chi connectivity index (χ1n) is 7.95. The second kappa shape index (κ2) is 7.91. The normalized spacial score (nSPS) is 21.8. The molecule has 0 heterocycles. The Labute approximate surface area is 127 Å². The standard InChI is InChI=1S/C17H26N2O2/c1-2-13-3-7-15(8-4-13)19-17(20)11-12-21-16-9-5-14(18)6-10-16/h5-6,9-10,13,15H,2-4,7-8,11-12,18H2,1H3,(H,19,20). The molecule has 21 heavy (non-hydrogen) atoms. The Balaban J connectivity index is 1.62. The lowest BCUT2D eigenvalue weighted by atomic mass is 9.84. The highest BCUT2D eigenvalue weighted by molar-refractivity contribution is 5.76. The molecule has 0 unspecified atom stereocenters. The van der Waals surface area contributed by atoms with Gasteiger partial charge in [0, 0.05) is 11.7 Å². The number of anilines is 1. The van der Waals surface area contributed by atoms with Crippen LogP contribution < -0.4 is 15.8 Å². The van der Waals surface area contributed by atoms with Crippen LogP contribution in [0.1, 0.15) is 45.4 Å². The zero-order valence-electron chi connectivity index (χ0n) is 12.8. The molecule has 0 bridgehead atoms. The first kappa shape index (κ1) is 15.7. The number of nitrogen functional groups attached to an aromatic ring is 1. The van der Waals surface area contributed by atoms with Crippen LogP contribution in [0.25, 0.3) is 0 Å². The van der Waals surface area contributed by atoms with Gasteiger partial charge in [-0.15, -0.1) is 0 Å². The van der Waals surface area contributed by atoms with Crippen molar-refractivity contribution in [3.63, 3.8) is 0 Å². The van der Waals surface area contributed by atoms with Gasteiger partial charge in [0.2, 0.25) is 5.91 Å². The van der Waals surface area contributed by atoms with E-state index in [4.69, 9.17) is 10.5 Å². The molecule has 0 spiro atoms. The Kier molecular flexibility index (Phi) is 5.90. The van der Waals surface area contributed by atoms with E-state index in [2.05, 4.69) is 12.2 Å². The molecule has 0 aromatic heterocycles. The monoisotopic (exact) mass is 290 g/mol. The van der Waals surface area contributed by atoms with Crippen molar-refractivity contribution in [1.29, 1.82) is 0 Å². The maximum Gasteiger partial charge on any atom is 0.223 e. The molecule has 0 radical (unpaired) electrons. The topological polar surface area (TPSA) is 64.3 Å². The van der Waals surface area contributed by atoms with E-state index in [1.54, 1.807) is 12.1 Å². The number of rotatable bonds is 6. The van der Waals surface area contributed by atoms with Crippen molar-refractivity contribution in [2.24, 2.45) is 5.92 Å². The quantitative estimate of drug-likeness (QED) is 0.791. The summed E-state index contributed by atoms with van der Waals surface area (Å²) < 4.78 is 5.54. The number of benzene rings is 1. The number of carbonyl (C=O) groups excluding carboxylic acids is 1. The molecule has 1 amide bonds. The Morgan fingerprint density at radius 2 is 1.90 bits per heavy atom. The largest absolute Gasteiger partial charge is 0.493 e. The summed E-state index contributed by atoms with van der Waals surface area (Å²) in [5, 5.41) is 3.12. The fourth-order valence-electron chi connectivity index (χ4n) is 2.84. The van der Waals surface area contributed by atoms with Gasteiger partial charge in [0.15, 0.2) is 0 Å². The van der Waals surface area contributed by atoms with Crippen LogP contribution in [0.3, 0.4) is 0 Å². The van der Waals surface area contributed by atoms with Crippen LogP contribution in [0.4, 0.5) is 5.69 Å². The molecule has 0 saturated heterocycles. The van der Waals surface area contributed by atoms with Gasteiger partial charge in [-0.3, -0.25) is 4.79 Å². The van der Waals surface area contributed by atoms with Gasteiger partial charge in [-0.1, -0.05) is 13.3 Å². The molecule has 4 nitrogen and oxygen atoms in total. The van der Waals surface area contributed by atoms with Gasteiger partial charge in [-0.05, 0) is 55.9 Å². The lowest BCUT2D eigenvalue weighted by Crippen LogP contribution is -2.38. The molecular formula is C17H26N2O2. The molecule has 1 fully saturated rings. The molecule has 1 saturated carbocycles. The van der Waals surface area contributed by atoms with Crippen molar-refractivity contribution in [2.75, 3.05) is 12.3 Å². The van der Waals surface area contributed by atoms with Gasteiger partial charge in [0.25, 0.3) is 0 Å². The summed E-state index contributed by atoms with van der Waals surface area (Å²) in [4.78, 5) is 11.9. The Morgan fingerprint density at radius 1 is 1.24 bits per heavy atom. The number of hydrogen-bond donors (Lipinski definition) is 2. The number of nitrogens with two attached hydrogens (primary N) is 1. The first-order chi connectivity index (χ1) is 10.2. The average molecular weight is 290 g/mol. The first-order valence-corrected chi connectivity index (χ1v) is 7.95. The summed E-state index contributed by atoms with van der Waals surface area (Å²) in [5.74, 6) is 1.69. The molecule has 0 aliphatic heterocycles. The maximum atomic E-state index is 11.9. The predicted octanol–water partition coefficient (Wildman–Crippen LogP) is 3.12. The third kappa shape index (κ3) is 5.29. The molecule has 1 aliphatic rings. The van der Waals surface area contributed by atoms with Crippen LogP contribution >= 0.6 is 0 Å².